The van der Waals surface area contributed by atoms with Gasteiger partial charge >= 0.3 is 0 Å². The molecule has 19 heavy (non-hydrogen) atoms. The number of halogens is 1. The van der Waals surface area contributed by atoms with Gasteiger partial charge in [0.1, 0.15) is 5.75 Å². The van der Waals surface area contributed by atoms with Crippen LogP contribution < -0.4 is 4.74 Å². The average Bonchev–Trinajstić information content (AvgIpc) is 2.26. The first-order valence-corrected chi connectivity index (χ1v) is 7.39. The van der Waals surface area contributed by atoms with Crippen LogP contribution in [0.4, 0.5) is 0 Å². The molecule has 106 valence electrons. The molecule has 0 saturated heterocycles. The van der Waals surface area contributed by atoms with Crippen molar-refractivity contribution in [1.82, 2.24) is 0 Å². The molecular formula is C16H23BrO2. The van der Waals surface area contributed by atoms with Crippen LogP contribution in [-0.4, -0.2) is 12.9 Å². The molecule has 0 aliphatic rings. The van der Waals surface area contributed by atoms with Gasteiger partial charge in [-0.2, -0.15) is 0 Å². The zero-order valence-corrected chi connectivity index (χ0v) is 14.0. The predicted molar refractivity (Wildman–Crippen MR) is 82.9 cm³/mol. The van der Waals surface area contributed by atoms with Crippen molar-refractivity contribution in [3.05, 3.63) is 28.2 Å². The Balaban J connectivity index is 2.81. The summed E-state index contributed by atoms with van der Waals surface area (Å²) in [6.45, 7) is 8.74. The van der Waals surface area contributed by atoms with Crippen LogP contribution in [0.25, 0.3) is 0 Å². The zero-order chi connectivity index (χ0) is 14.6. The second-order valence-electron chi connectivity index (χ2n) is 6.34. The summed E-state index contributed by atoms with van der Waals surface area (Å²) >= 11 is 3.40. The normalized spacial score (nSPS) is 13.2. The fourth-order valence-electron chi connectivity index (χ4n) is 2.44. The molecule has 0 radical (unpaired) electrons. The van der Waals surface area contributed by atoms with Crippen molar-refractivity contribution in [2.24, 2.45) is 11.3 Å². The summed E-state index contributed by atoms with van der Waals surface area (Å²) < 4.78 is 6.17. The maximum atomic E-state index is 12.4. The third-order valence-corrected chi connectivity index (χ3v) is 3.45. The van der Waals surface area contributed by atoms with Crippen LogP contribution in [0.15, 0.2) is 22.7 Å². The van der Waals surface area contributed by atoms with E-state index in [1.807, 2.05) is 18.2 Å². The molecule has 2 nitrogen and oxygen atoms in total. The first-order valence-electron chi connectivity index (χ1n) is 6.59. The average molecular weight is 327 g/mol. The molecule has 0 amide bonds. The summed E-state index contributed by atoms with van der Waals surface area (Å²) in [7, 11) is 1.60. The summed E-state index contributed by atoms with van der Waals surface area (Å²) in [4.78, 5) is 12.4. The lowest BCUT2D eigenvalue weighted by molar-refractivity contribution is 0.0951. The lowest BCUT2D eigenvalue weighted by Gasteiger charge is -2.23. The molecule has 1 rings (SSSR count). The number of hydrogen-bond donors (Lipinski definition) is 0. The summed E-state index contributed by atoms with van der Waals surface area (Å²) in [6, 6.07) is 5.55. The van der Waals surface area contributed by atoms with E-state index < -0.39 is 0 Å². The van der Waals surface area contributed by atoms with E-state index in [0.717, 1.165) is 10.9 Å². The molecule has 0 bridgehead atoms. The predicted octanol–water partition coefficient (Wildman–Crippen LogP) is 5.10. The standard InChI is InChI=1S/C16H23BrO2/c1-11(10-16(2,3)4)8-14(18)13-9-12(17)6-7-15(13)19-5/h6-7,9,11H,8,10H2,1-5H3. The molecular weight excluding hydrogens is 304 g/mol. The summed E-state index contributed by atoms with van der Waals surface area (Å²) in [6.07, 6.45) is 1.60. The van der Waals surface area contributed by atoms with Crippen molar-refractivity contribution in [2.45, 2.75) is 40.5 Å². The molecule has 0 heterocycles. The van der Waals surface area contributed by atoms with E-state index in [1.165, 1.54) is 0 Å². The number of methoxy groups -OCH3 is 1. The number of hydrogen-bond acceptors (Lipinski definition) is 2. The second kappa shape index (κ2) is 6.56. The Morgan fingerprint density at radius 1 is 1.37 bits per heavy atom. The number of carbonyl (C=O) groups is 1. The number of ether oxygens (including phenoxy) is 1. The zero-order valence-electron chi connectivity index (χ0n) is 12.4. The van der Waals surface area contributed by atoms with E-state index in [1.54, 1.807) is 7.11 Å². The van der Waals surface area contributed by atoms with Crippen LogP contribution in [0.3, 0.4) is 0 Å². The Morgan fingerprint density at radius 3 is 2.53 bits per heavy atom. The Bertz CT molecular complexity index is 447. The minimum atomic E-state index is 0.148. The first kappa shape index (κ1) is 16.2. The van der Waals surface area contributed by atoms with Crippen LogP contribution >= 0.6 is 15.9 Å². The second-order valence-corrected chi connectivity index (χ2v) is 7.26. The van der Waals surface area contributed by atoms with E-state index in [9.17, 15) is 4.79 Å². The summed E-state index contributed by atoms with van der Waals surface area (Å²) in [5.74, 6) is 1.17. The molecule has 0 aliphatic heterocycles. The van der Waals surface area contributed by atoms with Crippen LogP contribution in [0.5, 0.6) is 5.75 Å². The minimum Gasteiger partial charge on any atom is -0.496 e. The van der Waals surface area contributed by atoms with Gasteiger partial charge in [-0.15, -0.1) is 0 Å². The van der Waals surface area contributed by atoms with Gasteiger partial charge in [0, 0.05) is 10.9 Å². The van der Waals surface area contributed by atoms with E-state index in [2.05, 4.69) is 43.6 Å². The van der Waals surface area contributed by atoms with Crippen molar-refractivity contribution in [3.63, 3.8) is 0 Å². The minimum absolute atomic E-state index is 0.148. The summed E-state index contributed by atoms with van der Waals surface area (Å²) in [5, 5.41) is 0. The molecule has 0 saturated carbocycles. The molecule has 1 aromatic rings. The van der Waals surface area contributed by atoms with E-state index >= 15 is 0 Å². The van der Waals surface area contributed by atoms with Gasteiger partial charge < -0.3 is 4.74 Å². The Kier molecular flexibility index (Phi) is 5.60. The Hall–Kier alpha value is -0.830. The smallest absolute Gasteiger partial charge is 0.166 e. The van der Waals surface area contributed by atoms with Gasteiger partial charge in [0.2, 0.25) is 0 Å². The molecule has 0 aliphatic carbocycles. The third kappa shape index (κ3) is 5.35. The van der Waals surface area contributed by atoms with Crippen molar-refractivity contribution < 1.29 is 9.53 Å². The van der Waals surface area contributed by atoms with Gasteiger partial charge in [0.05, 0.1) is 12.7 Å². The summed E-state index contributed by atoms with van der Waals surface area (Å²) in [5.41, 5.74) is 0.916. The number of rotatable bonds is 5. The van der Waals surface area contributed by atoms with E-state index in [4.69, 9.17) is 4.74 Å². The number of Topliss-reactive ketones (excluding diaryl/α,β-unsaturated/α-hetero) is 1. The quantitative estimate of drug-likeness (QED) is 0.703. The molecule has 3 heteroatoms. The number of ketones is 1. The fraction of sp³-hybridized carbons (Fsp3) is 0.562. The van der Waals surface area contributed by atoms with Gasteiger partial charge in [-0.1, -0.05) is 43.6 Å². The lowest BCUT2D eigenvalue weighted by Crippen LogP contribution is -2.14. The molecule has 0 fully saturated rings. The van der Waals surface area contributed by atoms with Crippen LogP contribution in [0, 0.1) is 11.3 Å². The van der Waals surface area contributed by atoms with Gasteiger partial charge in [0.15, 0.2) is 5.78 Å². The van der Waals surface area contributed by atoms with Gasteiger partial charge in [-0.05, 0) is 36.0 Å². The molecule has 1 aromatic carbocycles. The molecule has 1 unspecified atom stereocenters. The van der Waals surface area contributed by atoms with E-state index in [0.29, 0.717) is 23.7 Å². The van der Waals surface area contributed by atoms with Crippen LogP contribution in [0.1, 0.15) is 50.9 Å². The van der Waals surface area contributed by atoms with Crippen LogP contribution in [-0.2, 0) is 0 Å². The topological polar surface area (TPSA) is 26.3 Å². The Labute approximate surface area is 124 Å². The Morgan fingerprint density at radius 2 is 2.00 bits per heavy atom. The maximum absolute atomic E-state index is 12.4. The maximum Gasteiger partial charge on any atom is 0.166 e. The highest BCUT2D eigenvalue weighted by atomic mass is 79.9. The lowest BCUT2D eigenvalue weighted by atomic mass is 9.83. The SMILES string of the molecule is COc1ccc(Br)cc1C(=O)CC(C)CC(C)(C)C. The van der Waals surface area contributed by atoms with E-state index in [-0.39, 0.29) is 11.2 Å². The van der Waals surface area contributed by atoms with Gasteiger partial charge in [-0.3, -0.25) is 4.79 Å². The monoisotopic (exact) mass is 326 g/mol. The third-order valence-electron chi connectivity index (χ3n) is 2.96. The van der Waals surface area contributed by atoms with Crippen molar-refractivity contribution >= 4 is 21.7 Å². The molecule has 0 aromatic heterocycles. The highest BCUT2D eigenvalue weighted by Gasteiger charge is 2.20. The van der Waals surface area contributed by atoms with Crippen molar-refractivity contribution in [3.8, 4) is 5.75 Å². The van der Waals surface area contributed by atoms with Crippen LogP contribution in [0.2, 0.25) is 0 Å². The van der Waals surface area contributed by atoms with Crippen molar-refractivity contribution in [1.29, 1.82) is 0 Å². The highest BCUT2D eigenvalue weighted by molar-refractivity contribution is 9.10. The van der Waals surface area contributed by atoms with Crippen molar-refractivity contribution in [2.75, 3.05) is 7.11 Å². The largest absolute Gasteiger partial charge is 0.496 e. The van der Waals surface area contributed by atoms with Gasteiger partial charge in [-0.25, -0.2) is 0 Å². The number of carbonyl (C=O) groups excluding carboxylic acids is 1. The fourth-order valence-corrected chi connectivity index (χ4v) is 2.80. The highest BCUT2D eigenvalue weighted by Crippen LogP contribution is 2.29. The first-order chi connectivity index (χ1) is 8.73. The molecule has 0 spiro atoms. The van der Waals surface area contributed by atoms with Gasteiger partial charge in [0.25, 0.3) is 0 Å². The molecule has 0 N–H and O–H groups in total. The molecule has 1 atom stereocenters. The number of benzene rings is 1.